The Morgan fingerprint density at radius 2 is 1.76 bits per heavy atom. The molecule has 7 heteroatoms. The maximum Gasteiger partial charge on any atom is 0.281 e. The smallest absolute Gasteiger partial charge is 0.281 e. The van der Waals surface area contributed by atoms with Gasteiger partial charge in [-0.15, -0.1) is 0 Å². The number of benzene rings is 2. The van der Waals surface area contributed by atoms with E-state index >= 15 is 0 Å². The normalized spacial score (nSPS) is 11.6. The van der Waals surface area contributed by atoms with Gasteiger partial charge in [-0.25, -0.2) is 0 Å². The van der Waals surface area contributed by atoms with Crippen LogP contribution in [0.15, 0.2) is 83.5 Å². The van der Waals surface area contributed by atoms with Crippen molar-refractivity contribution in [2.24, 2.45) is 5.10 Å². The SMILES string of the molecule is C/C=C\C=C(/C)C(=O)NC(=N)N(/N=C/c1ccccc1Cl)C(=O)c1ccccc1. The molecule has 2 aromatic rings. The van der Waals surface area contributed by atoms with E-state index in [9.17, 15) is 9.59 Å². The van der Waals surface area contributed by atoms with Crippen molar-refractivity contribution < 1.29 is 9.59 Å². The summed E-state index contributed by atoms with van der Waals surface area (Å²) in [5.74, 6) is -1.54. The molecule has 0 aliphatic carbocycles. The number of carbonyl (C=O) groups excluding carboxylic acids is 2. The summed E-state index contributed by atoms with van der Waals surface area (Å²) in [4.78, 5) is 25.2. The highest BCUT2D eigenvalue weighted by atomic mass is 35.5. The average Bonchev–Trinajstić information content (AvgIpc) is 2.73. The number of allylic oxidation sites excluding steroid dienone is 3. The molecule has 0 aromatic heterocycles. The Labute approximate surface area is 174 Å². The van der Waals surface area contributed by atoms with Gasteiger partial charge in [-0.3, -0.25) is 20.3 Å². The standard InChI is InChI=1S/C22H21ClN4O2/c1-3-4-10-16(2)20(28)26-22(24)27(21(29)17-11-6-5-7-12-17)25-15-18-13-8-9-14-19(18)23/h3-15H,1-2H3,(H2,24,26,28)/b4-3-,16-10+,25-15+. The third-order valence-electron chi connectivity index (χ3n) is 3.77. The molecule has 0 fully saturated rings. The first-order valence-electron chi connectivity index (χ1n) is 8.81. The van der Waals surface area contributed by atoms with Crippen molar-refractivity contribution in [3.05, 3.63) is 94.5 Å². The van der Waals surface area contributed by atoms with E-state index in [1.165, 1.54) is 6.21 Å². The van der Waals surface area contributed by atoms with Crippen molar-refractivity contribution in [1.29, 1.82) is 5.41 Å². The number of hydrogen-bond acceptors (Lipinski definition) is 4. The fraction of sp³-hybridized carbons (Fsp3) is 0.0909. The molecular weight excluding hydrogens is 388 g/mol. The lowest BCUT2D eigenvalue weighted by Crippen LogP contribution is -2.44. The van der Waals surface area contributed by atoms with E-state index in [0.717, 1.165) is 5.01 Å². The number of halogens is 1. The van der Waals surface area contributed by atoms with Gasteiger partial charge in [-0.05, 0) is 32.0 Å². The summed E-state index contributed by atoms with van der Waals surface area (Å²) >= 11 is 6.13. The van der Waals surface area contributed by atoms with E-state index in [4.69, 9.17) is 17.0 Å². The summed E-state index contributed by atoms with van der Waals surface area (Å²) in [6.07, 6.45) is 6.47. The zero-order chi connectivity index (χ0) is 21.2. The molecule has 148 valence electrons. The minimum atomic E-state index is -0.561. The fourth-order valence-corrected chi connectivity index (χ4v) is 2.37. The van der Waals surface area contributed by atoms with Crippen LogP contribution in [0, 0.1) is 5.41 Å². The van der Waals surface area contributed by atoms with Gasteiger partial charge in [0.2, 0.25) is 5.96 Å². The van der Waals surface area contributed by atoms with Crippen LogP contribution < -0.4 is 5.32 Å². The molecular formula is C22H21ClN4O2. The van der Waals surface area contributed by atoms with Gasteiger partial charge >= 0.3 is 0 Å². The molecule has 0 saturated carbocycles. The summed E-state index contributed by atoms with van der Waals surface area (Å²) in [5.41, 5.74) is 1.28. The van der Waals surface area contributed by atoms with Crippen LogP contribution in [0.2, 0.25) is 5.02 Å². The number of carbonyl (C=O) groups is 2. The van der Waals surface area contributed by atoms with E-state index in [-0.39, 0.29) is 0 Å². The molecule has 2 rings (SSSR count). The zero-order valence-corrected chi connectivity index (χ0v) is 16.9. The van der Waals surface area contributed by atoms with Gasteiger partial charge in [-0.2, -0.15) is 10.1 Å². The molecule has 0 bridgehead atoms. The highest BCUT2D eigenvalue weighted by molar-refractivity contribution is 6.33. The van der Waals surface area contributed by atoms with Crippen molar-refractivity contribution >= 4 is 35.6 Å². The molecule has 0 aliphatic heterocycles. The third kappa shape index (κ3) is 6.26. The van der Waals surface area contributed by atoms with Gasteiger partial charge in [0.15, 0.2) is 0 Å². The molecule has 0 spiro atoms. The van der Waals surface area contributed by atoms with E-state index in [0.29, 0.717) is 21.7 Å². The van der Waals surface area contributed by atoms with E-state index in [1.54, 1.807) is 79.7 Å². The Kier molecular flexibility index (Phi) is 8.06. The average molecular weight is 409 g/mol. The predicted molar refractivity (Wildman–Crippen MR) is 116 cm³/mol. The Morgan fingerprint density at radius 1 is 1.10 bits per heavy atom. The first kappa shape index (κ1) is 21.8. The van der Waals surface area contributed by atoms with Crippen LogP contribution in [-0.4, -0.2) is 29.0 Å². The maximum absolute atomic E-state index is 12.9. The Morgan fingerprint density at radius 3 is 2.41 bits per heavy atom. The number of hydrogen-bond donors (Lipinski definition) is 2. The molecule has 2 N–H and O–H groups in total. The molecule has 2 amide bonds. The highest BCUT2D eigenvalue weighted by Crippen LogP contribution is 2.13. The number of amides is 2. The van der Waals surface area contributed by atoms with Crippen LogP contribution in [0.4, 0.5) is 0 Å². The topological polar surface area (TPSA) is 85.6 Å². The third-order valence-corrected chi connectivity index (χ3v) is 4.12. The molecule has 6 nitrogen and oxygen atoms in total. The molecule has 0 heterocycles. The largest absolute Gasteiger partial charge is 0.291 e. The van der Waals surface area contributed by atoms with Crippen molar-refractivity contribution in [3.8, 4) is 0 Å². The van der Waals surface area contributed by atoms with Crippen LogP contribution >= 0.6 is 11.6 Å². The zero-order valence-electron chi connectivity index (χ0n) is 16.1. The first-order valence-corrected chi connectivity index (χ1v) is 9.19. The fourth-order valence-electron chi connectivity index (χ4n) is 2.19. The van der Waals surface area contributed by atoms with Gasteiger partial charge < -0.3 is 0 Å². The van der Waals surface area contributed by atoms with Crippen molar-refractivity contribution in [1.82, 2.24) is 10.3 Å². The lowest BCUT2D eigenvalue weighted by molar-refractivity contribution is -0.116. The summed E-state index contributed by atoms with van der Waals surface area (Å²) < 4.78 is 0. The van der Waals surface area contributed by atoms with Crippen LogP contribution in [0.25, 0.3) is 0 Å². The highest BCUT2D eigenvalue weighted by Gasteiger charge is 2.21. The molecule has 0 radical (unpaired) electrons. The monoisotopic (exact) mass is 408 g/mol. The number of nitrogens with zero attached hydrogens (tertiary/aromatic N) is 2. The Balaban J connectivity index is 2.31. The molecule has 0 atom stereocenters. The molecule has 0 aliphatic rings. The lowest BCUT2D eigenvalue weighted by atomic mass is 10.2. The maximum atomic E-state index is 12.9. The Hall–Kier alpha value is -3.51. The van der Waals surface area contributed by atoms with Gasteiger partial charge in [-0.1, -0.05) is 66.2 Å². The number of rotatable bonds is 5. The summed E-state index contributed by atoms with van der Waals surface area (Å²) in [7, 11) is 0. The van der Waals surface area contributed by atoms with E-state index < -0.39 is 17.8 Å². The molecule has 29 heavy (non-hydrogen) atoms. The van der Waals surface area contributed by atoms with Gasteiger partial charge in [0.25, 0.3) is 11.8 Å². The minimum absolute atomic E-state index is 0.323. The van der Waals surface area contributed by atoms with Crippen LogP contribution in [0.3, 0.4) is 0 Å². The van der Waals surface area contributed by atoms with Crippen LogP contribution in [0.1, 0.15) is 29.8 Å². The van der Waals surface area contributed by atoms with E-state index in [1.807, 2.05) is 6.92 Å². The van der Waals surface area contributed by atoms with Crippen molar-refractivity contribution in [2.45, 2.75) is 13.8 Å². The number of nitrogens with one attached hydrogen (secondary N) is 2. The summed E-state index contributed by atoms with van der Waals surface area (Å²) in [6, 6.07) is 15.4. The minimum Gasteiger partial charge on any atom is -0.291 e. The van der Waals surface area contributed by atoms with Gasteiger partial charge in [0.1, 0.15) is 0 Å². The second-order valence-electron chi connectivity index (χ2n) is 5.93. The quantitative estimate of drug-likeness (QED) is 0.253. The second-order valence-corrected chi connectivity index (χ2v) is 6.33. The van der Waals surface area contributed by atoms with Gasteiger partial charge in [0, 0.05) is 21.7 Å². The summed E-state index contributed by atoms with van der Waals surface area (Å²) in [6.45, 7) is 3.44. The predicted octanol–water partition coefficient (Wildman–Crippen LogP) is 4.39. The molecule has 0 saturated heterocycles. The second kappa shape index (κ2) is 10.7. The molecule has 2 aromatic carbocycles. The van der Waals surface area contributed by atoms with Gasteiger partial charge in [0.05, 0.1) is 6.21 Å². The van der Waals surface area contributed by atoms with Crippen molar-refractivity contribution in [3.63, 3.8) is 0 Å². The summed E-state index contributed by atoms with van der Waals surface area (Å²) in [5, 5.41) is 16.0. The number of hydrazone groups is 1. The van der Waals surface area contributed by atoms with Crippen molar-refractivity contribution in [2.75, 3.05) is 0 Å². The van der Waals surface area contributed by atoms with E-state index in [2.05, 4.69) is 10.4 Å². The van der Waals surface area contributed by atoms with Crippen LogP contribution in [-0.2, 0) is 4.79 Å². The number of guanidine groups is 1. The Bertz CT molecular complexity index is 981. The van der Waals surface area contributed by atoms with Crippen LogP contribution in [0.5, 0.6) is 0 Å². The molecule has 0 unspecified atom stereocenters. The lowest BCUT2D eigenvalue weighted by Gasteiger charge is -2.18. The first-order chi connectivity index (χ1) is 13.9.